The molecule has 4 heteroatoms. The summed E-state index contributed by atoms with van der Waals surface area (Å²) >= 11 is 0. The first-order valence-electron chi connectivity index (χ1n) is 5.46. The molecule has 0 aliphatic heterocycles. The van der Waals surface area contributed by atoms with Crippen LogP contribution < -0.4 is 5.32 Å². The standard InChI is InChI=1S/C13H15NO3/c15-9-11(13-6-3-7-17-13)14-8-10-4-1-2-5-12(10)16/h1-7,11,14-16H,8-9H2. The highest BCUT2D eigenvalue weighted by Gasteiger charge is 2.12. The first kappa shape index (κ1) is 11.7. The summed E-state index contributed by atoms with van der Waals surface area (Å²) in [4.78, 5) is 0. The predicted molar refractivity (Wildman–Crippen MR) is 63.5 cm³/mol. The van der Waals surface area contributed by atoms with Gasteiger partial charge in [-0.25, -0.2) is 0 Å². The number of hydrogen-bond donors (Lipinski definition) is 3. The average Bonchev–Trinajstić information content (AvgIpc) is 2.86. The Morgan fingerprint density at radius 3 is 2.65 bits per heavy atom. The van der Waals surface area contributed by atoms with E-state index in [1.807, 2.05) is 12.1 Å². The first-order chi connectivity index (χ1) is 8.31. The molecule has 3 N–H and O–H groups in total. The van der Waals surface area contributed by atoms with Gasteiger partial charge in [0, 0.05) is 12.1 Å². The van der Waals surface area contributed by atoms with Gasteiger partial charge in [-0.1, -0.05) is 18.2 Å². The number of aliphatic hydroxyl groups is 1. The minimum Gasteiger partial charge on any atom is -0.508 e. The van der Waals surface area contributed by atoms with E-state index < -0.39 is 0 Å². The molecule has 1 aromatic heterocycles. The largest absolute Gasteiger partial charge is 0.508 e. The van der Waals surface area contributed by atoms with Crippen molar-refractivity contribution in [2.45, 2.75) is 12.6 Å². The molecular weight excluding hydrogens is 218 g/mol. The van der Waals surface area contributed by atoms with Crippen LogP contribution in [0.1, 0.15) is 17.4 Å². The number of furan rings is 1. The minimum atomic E-state index is -0.260. The number of para-hydroxylation sites is 1. The second-order valence-corrected chi connectivity index (χ2v) is 3.76. The van der Waals surface area contributed by atoms with Crippen LogP contribution in [0.25, 0.3) is 0 Å². The van der Waals surface area contributed by atoms with Gasteiger partial charge >= 0.3 is 0 Å². The van der Waals surface area contributed by atoms with Crippen molar-refractivity contribution in [2.24, 2.45) is 0 Å². The molecule has 0 radical (unpaired) electrons. The van der Waals surface area contributed by atoms with Crippen molar-refractivity contribution >= 4 is 0 Å². The van der Waals surface area contributed by atoms with Gasteiger partial charge in [-0.15, -0.1) is 0 Å². The van der Waals surface area contributed by atoms with E-state index in [9.17, 15) is 10.2 Å². The van der Waals surface area contributed by atoms with Gasteiger partial charge in [0.2, 0.25) is 0 Å². The molecule has 1 atom stereocenters. The lowest BCUT2D eigenvalue weighted by atomic mass is 10.1. The zero-order valence-corrected chi connectivity index (χ0v) is 9.34. The van der Waals surface area contributed by atoms with Crippen molar-refractivity contribution in [3.05, 3.63) is 54.0 Å². The lowest BCUT2D eigenvalue weighted by molar-refractivity contribution is 0.225. The zero-order chi connectivity index (χ0) is 12.1. The van der Waals surface area contributed by atoms with E-state index in [1.54, 1.807) is 30.5 Å². The van der Waals surface area contributed by atoms with E-state index in [2.05, 4.69) is 5.32 Å². The Kier molecular flexibility index (Phi) is 3.80. The molecule has 0 spiro atoms. The minimum absolute atomic E-state index is 0.0545. The monoisotopic (exact) mass is 233 g/mol. The van der Waals surface area contributed by atoms with E-state index in [0.717, 1.165) is 5.56 Å². The molecule has 1 aromatic carbocycles. The number of aliphatic hydroxyl groups excluding tert-OH is 1. The summed E-state index contributed by atoms with van der Waals surface area (Å²) in [7, 11) is 0. The Hall–Kier alpha value is -1.78. The quantitative estimate of drug-likeness (QED) is 0.737. The van der Waals surface area contributed by atoms with Crippen LogP contribution in [0, 0.1) is 0 Å². The molecule has 0 saturated heterocycles. The van der Waals surface area contributed by atoms with Crippen molar-refractivity contribution in [3.8, 4) is 5.75 Å². The van der Waals surface area contributed by atoms with Gasteiger partial charge in [-0.05, 0) is 18.2 Å². The molecule has 0 aliphatic carbocycles. The van der Waals surface area contributed by atoms with E-state index >= 15 is 0 Å². The lowest BCUT2D eigenvalue weighted by Gasteiger charge is -2.14. The summed E-state index contributed by atoms with van der Waals surface area (Å²) in [6, 6.07) is 10.4. The van der Waals surface area contributed by atoms with E-state index in [4.69, 9.17) is 4.42 Å². The molecule has 0 aliphatic rings. The van der Waals surface area contributed by atoms with Crippen LogP contribution in [0.2, 0.25) is 0 Å². The van der Waals surface area contributed by atoms with Gasteiger partial charge in [0.05, 0.1) is 18.9 Å². The smallest absolute Gasteiger partial charge is 0.123 e. The normalized spacial score (nSPS) is 12.5. The number of hydrogen-bond acceptors (Lipinski definition) is 4. The van der Waals surface area contributed by atoms with Crippen LogP contribution in [0.4, 0.5) is 0 Å². The highest BCUT2D eigenvalue weighted by molar-refractivity contribution is 5.31. The molecule has 17 heavy (non-hydrogen) atoms. The van der Waals surface area contributed by atoms with E-state index in [0.29, 0.717) is 12.3 Å². The molecule has 1 unspecified atom stereocenters. The Balaban J connectivity index is 2.00. The third-order valence-electron chi connectivity index (χ3n) is 2.60. The van der Waals surface area contributed by atoms with Gasteiger partial charge in [0.15, 0.2) is 0 Å². The summed E-state index contributed by atoms with van der Waals surface area (Å²) in [6.07, 6.45) is 1.57. The highest BCUT2D eigenvalue weighted by Crippen LogP contribution is 2.18. The van der Waals surface area contributed by atoms with Gasteiger partial charge in [-0.2, -0.15) is 0 Å². The van der Waals surface area contributed by atoms with Crippen LogP contribution in [0.5, 0.6) is 5.75 Å². The molecule has 2 rings (SSSR count). The fourth-order valence-electron chi connectivity index (χ4n) is 1.64. The summed E-state index contributed by atoms with van der Waals surface area (Å²) in [5, 5.41) is 22.0. The fraction of sp³-hybridized carbons (Fsp3) is 0.231. The van der Waals surface area contributed by atoms with Crippen molar-refractivity contribution < 1.29 is 14.6 Å². The van der Waals surface area contributed by atoms with Gasteiger partial charge in [0.25, 0.3) is 0 Å². The van der Waals surface area contributed by atoms with Gasteiger partial charge in [-0.3, -0.25) is 0 Å². The maximum absolute atomic E-state index is 9.60. The molecule has 1 heterocycles. The van der Waals surface area contributed by atoms with Crippen molar-refractivity contribution in [3.63, 3.8) is 0 Å². The van der Waals surface area contributed by atoms with Crippen molar-refractivity contribution in [1.29, 1.82) is 0 Å². The topological polar surface area (TPSA) is 65.6 Å². The van der Waals surface area contributed by atoms with Crippen LogP contribution in [0.15, 0.2) is 47.1 Å². The number of phenolic OH excluding ortho intramolecular Hbond substituents is 1. The summed E-state index contributed by atoms with van der Waals surface area (Å²) in [5.41, 5.74) is 0.789. The second-order valence-electron chi connectivity index (χ2n) is 3.76. The number of aromatic hydroxyl groups is 1. The van der Waals surface area contributed by atoms with Crippen molar-refractivity contribution in [1.82, 2.24) is 5.32 Å². The van der Waals surface area contributed by atoms with Crippen LogP contribution in [0.3, 0.4) is 0 Å². The second kappa shape index (κ2) is 5.52. The molecule has 4 nitrogen and oxygen atoms in total. The predicted octanol–water partition coefficient (Wildman–Crippen LogP) is 1.81. The Bertz CT molecular complexity index is 453. The number of benzene rings is 1. The molecule has 0 fully saturated rings. The summed E-state index contributed by atoms with van der Waals surface area (Å²) in [6.45, 7) is 0.416. The lowest BCUT2D eigenvalue weighted by Crippen LogP contribution is -2.23. The maximum Gasteiger partial charge on any atom is 0.123 e. The molecule has 2 aromatic rings. The number of rotatable bonds is 5. The molecular formula is C13H15NO3. The van der Waals surface area contributed by atoms with Gasteiger partial charge < -0.3 is 19.9 Å². The highest BCUT2D eigenvalue weighted by atomic mass is 16.3. The Morgan fingerprint density at radius 2 is 2.00 bits per heavy atom. The summed E-state index contributed by atoms with van der Waals surface area (Å²) in [5.74, 6) is 0.930. The molecule has 0 bridgehead atoms. The summed E-state index contributed by atoms with van der Waals surface area (Å²) < 4.78 is 5.22. The molecule has 0 saturated carbocycles. The third-order valence-corrected chi connectivity index (χ3v) is 2.60. The number of nitrogens with one attached hydrogen (secondary N) is 1. The first-order valence-corrected chi connectivity index (χ1v) is 5.46. The fourth-order valence-corrected chi connectivity index (χ4v) is 1.64. The average molecular weight is 233 g/mol. The third kappa shape index (κ3) is 2.87. The van der Waals surface area contributed by atoms with Crippen LogP contribution >= 0.6 is 0 Å². The SMILES string of the molecule is OCC(NCc1ccccc1O)c1ccco1. The zero-order valence-electron chi connectivity index (χ0n) is 9.34. The van der Waals surface area contributed by atoms with Crippen molar-refractivity contribution in [2.75, 3.05) is 6.61 Å². The van der Waals surface area contributed by atoms with Gasteiger partial charge in [0.1, 0.15) is 11.5 Å². The molecule has 0 amide bonds. The number of phenols is 1. The van der Waals surface area contributed by atoms with E-state index in [1.165, 1.54) is 0 Å². The maximum atomic E-state index is 9.60. The van der Waals surface area contributed by atoms with Crippen LogP contribution in [-0.2, 0) is 6.54 Å². The Labute approximate surface area is 99.5 Å². The molecule has 90 valence electrons. The van der Waals surface area contributed by atoms with E-state index in [-0.39, 0.29) is 18.4 Å². The Morgan fingerprint density at radius 1 is 1.18 bits per heavy atom. The van der Waals surface area contributed by atoms with Crippen LogP contribution in [-0.4, -0.2) is 16.8 Å².